The third-order valence-corrected chi connectivity index (χ3v) is 5.28. The molecule has 0 bridgehead atoms. The molecule has 0 heterocycles. The minimum atomic E-state index is -0.426. The van der Waals surface area contributed by atoms with Gasteiger partial charge in [0.1, 0.15) is 11.5 Å². The summed E-state index contributed by atoms with van der Waals surface area (Å²) in [4.78, 5) is 24.6. The molecule has 3 aromatic carbocycles. The maximum Gasteiger partial charge on any atom is 0.343 e. The number of carbonyl (C=O) groups excluding carboxylic acids is 2. The second-order valence-corrected chi connectivity index (χ2v) is 7.98. The third kappa shape index (κ3) is 6.94. The van der Waals surface area contributed by atoms with Gasteiger partial charge in [0.15, 0.2) is 0 Å². The summed E-state index contributed by atoms with van der Waals surface area (Å²) in [6, 6.07) is 21.4. The minimum absolute atomic E-state index is 0.311. The second-order valence-electron chi connectivity index (χ2n) is 7.98. The number of carbonyl (C=O) groups is 2. The van der Waals surface area contributed by atoms with Gasteiger partial charge in [-0.1, -0.05) is 51.5 Å². The summed E-state index contributed by atoms with van der Waals surface area (Å²) in [5.41, 5.74) is 2.89. The highest BCUT2D eigenvalue weighted by Crippen LogP contribution is 2.24. The molecule has 5 nitrogen and oxygen atoms in total. The molecule has 172 valence electrons. The van der Waals surface area contributed by atoms with E-state index in [9.17, 15) is 9.59 Å². The lowest BCUT2D eigenvalue weighted by Crippen LogP contribution is -2.11. The van der Waals surface area contributed by atoms with Gasteiger partial charge in [-0.3, -0.25) is 0 Å². The maximum absolute atomic E-state index is 12.4. The van der Waals surface area contributed by atoms with E-state index in [1.54, 1.807) is 48.5 Å². The standard InChI is InChI=1S/C28H30O5/c1-4-18-31-25-14-12-24(13-15-25)28(30)33-26-16-10-22(11-17-26)21-6-8-23(9-7-21)27(29)32-19-20(3)5-2/h6-17,20H,4-5,18-19H2,1-3H3. The average molecular weight is 447 g/mol. The molecule has 1 atom stereocenters. The van der Waals surface area contributed by atoms with E-state index in [1.807, 2.05) is 31.2 Å². The summed E-state index contributed by atoms with van der Waals surface area (Å²) in [7, 11) is 0. The van der Waals surface area contributed by atoms with Gasteiger partial charge in [-0.05, 0) is 72.0 Å². The van der Waals surface area contributed by atoms with Crippen molar-refractivity contribution in [1.82, 2.24) is 0 Å². The van der Waals surface area contributed by atoms with Crippen molar-refractivity contribution in [1.29, 1.82) is 0 Å². The first-order chi connectivity index (χ1) is 16.0. The van der Waals surface area contributed by atoms with Gasteiger partial charge in [-0.25, -0.2) is 9.59 Å². The normalized spacial score (nSPS) is 11.5. The molecule has 0 spiro atoms. The Hall–Kier alpha value is -3.60. The molecule has 0 radical (unpaired) electrons. The lowest BCUT2D eigenvalue weighted by Gasteiger charge is -2.10. The lowest BCUT2D eigenvalue weighted by atomic mass is 10.0. The van der Waals surface area contributed by atoms with E-state index in [4.69, 9.17) is 14.2 Å². The Kier molecular flexibility index (Phi) is 8.64. The zero-order valence-electron chi connectivity index (χ0n) is 19.4. The third-order valence-electron chi connectivity index (χ3n) is 5.28. The first kappa shape index (κ1) is 24.1. The molecule has 3 rings (SSSR count). The quantitative estimate of drug-likeness (QED) is 0.260. The number of hydrogen-bond donors (Lipinski definition) is 0. The Morgan fingerprint density at radius 3 is 1.82 bits per heavy atom. The molecule has 0 saturated carbocycles. The molecular weight excluding hydrogens is 416 g/mol. The van der Waals surface area contributed by atoms with E-state index in [2.05, 4.69) is 13.8 Å². The average Bonchev–Trinajstić information content (AvgIpc) is 2.86. The van der Waals surface area contributed by atoms with Crippen molar-refractivity contribution in [3.63, 3.8) is 0 Å². The summed E-state index contributed by atoms with van der Waals surface area (Å²) in [6.45, 7) is 7.23. The molecule has 0 fully saturated rings. The molecule has 0 N–H and O–H groups in total. The summed E-state index contributed by atoms with van der Waals surface area (Å²) in [5, 5.41) is 0. The maximum atomic E-state index is 12.4. The minimum Gasteiger partial charge on any atom is -0.494 e. The fourth-order valence-electron chi connectivity index (χ4n) is 3.01. The Labute approximate surface area is 195 Å². The zero-order valence-corrected chi connectivity index (χ0v) is 19.4. The molecule has 0 aliphatic heterocycles. The van der Waals surface area contributed by atoms with Gasteiger partial charge < -0.3 is 14.2 Å². The van der Waals surface area contributed by atoms with Crippen LogP contribution in [0.25, 0.3) is 11.1 Å². The van der Waals surface area contributed by atoms with Crippen LogP contribution in [0.1, 0.15) is 54.3 Å². The van der Waals surface area contributed by atoms with Gasteiger partial charge >= 0.3 is 11.9 Å². The van der Waals surface area contributed by atoms with E-state index in [-0.39, 0.29) is 5.97 Å². The van der Waals surface area contributed by atoms with Crippen LogP contribution in [0.4, 0.5) is 0 Å². The SMILES string of the molecule is CCCOc1ccc(C(=O)Oc2ccc(-c3ccc(C(=O)OCC(C)CC)cc3)cc2)cc1. The van der Waals surface area contributed by atoms with Crippen LogP contribution in [0.5, 0.6) is 11.5 Å². The predicted octanol–water partition coefficient (Wildman–Crippen LogP) is 6.56. The highest BCUT2D eigenvalue weighted by Gasteiger charge is 2.11. The summed E-state index contributed by atoms with van der Waals surface area (Å²) in [5.74, 6) is 0.798. The van der Waals surface area contributed by atoms with E-state index >= 15 is 0 Å². The first-order valence-electron chi connectivity index (χ1n) is 11.3. The molecule has 0 aromatic heterocycles. The van der Waals surface area contributed by atoms with Crippen LogP contribution < -0.4 is 9.47 Å². The fourth-order valence-corrected chi connectivity index (χ4v) is 3.01. The molecule has 0 saturated heterocycles. The highest BCUT2D eigenvalue weighted by atomic mass is 16.5. The predicted molar refractivity (Wildman–Crippen MR) is 129 cm³/mol. The van der Waals surface area contributed by atoms with Crippen molar-refractivity contribution < 1.29 is 23.8 Å². The second kappa shape index (κ2) is 11.9. The lowest BCUT2D eigenvalue weighted by molar-refractivity contribution is 0.0447. The number of rotatable bonds is 10. The van der Waals surface area contributed by atoms with Gasteiger partial charge in [-0.2, -0.15) is 0 Å². The Balaban J connectivity index is 1.58. The van der Waals surface area contributed by atoms with E-state index in [0.717, 1.165) is 29.7 Å². The highest BCUT2D eigenvalue weighted by molar-refractivity contribution is 5.91. The van der Waals surface area contributed by atoms with Gasteiger partial charge in [0.2, 0.25) is 0 Å². The number of esters is 2. The van der Waals surface area contributed by atoms with Crippen molar-refractivity contribution in [2.45, 2.75) is 33.6 Å². The van der Waals surface area contributed by atoms with E-state index in [0.29, 0.717) is 36.0 Å². The molecule has 0 aliphatic carbocycles. The summed E-state index contributed by atoms with van der Waals surface area (Å²) >= 11 is 0. The molecule has 0 amide bonds. The number of benzene rings is 3. The number of ether oxygens (including phenoxy) is 3. The van der Waals surface area contributed by atoms with Crippen molar-refractivity contribution in [3.05, 3.63) is 83.9 Å². The Morgan fingerprint density at radius 2 is 1.24 bits per heavy atom. The van der Waals surface area contributed by atoms with Gasteiger partial charge in [-0.15, -0.1) is 0 Å². The largest absolute Gasteiger partial charge is 0.494 e. The zero-order chi connectivity index (χ0) is 23.6. The van der Waals surface area contributed by atoms with Crippen LogP contribution in [0.3, 0.4) is 0 Å². The summed E-state index contributed by atoms with van der Waals surface area (Å²) in [6.07, 6.45) is 1.90. The summed E-state index contributed by atoms with van der Waals surface area (Å²) < 4.78 is 16.4. The van der Waals surface area contributed by atoms with Crippen molar-refractivity contribution >= 4 is 11.9 Å². The molecule has 33 heavy (non-hydrogen) atoms. The van der Waals surface area contributed by atoms with Crippen molar-refractivity contribution in [2.24, 2.45) is 5.92 Å². The first-order valence-corrected chi connectivity index (χ1v) is 11.3. The topological polar surface area (TPSA) is 61.8 Å². The van der Waals surface area contributed by atoms with Crippen molar-refractivity contribution in [3.8, 4) is 22.6 Å². The van der Waals surface area contributed by atoms with Gasteiger partial charge in [0.05, 0.1) is 24.3 Å². The monoisotopic (exact) mass is 446 g/mol. The van der Waals surface area contributed by atoms with Crippen LogP contribution in [0.15, 0.2) is 72.8 Å². The fraction of sp³-hybridized carbons (Fsp3) is 0.286. The molecule has 1 unspecified atom stereocenters. The Morgan fingerprint density at radius 1 is 0.727 bits per heavy atom. The molecule has 0 aliphatic rings. The molecular formula is C28H30O5. The Bertz CT molecular complexity index is 1040. The molecule has 5 heteroatoms. The van der Waals surface area contributed by atoms with Crippen LogP contribution in [0, 0.1) is 5.92 Å². The van der Waals surface area contributed by atoms with Crippen LogP contribution in [0.2, 0.25) is 0 Å². The van der Waals surface area contributed by atoms with Crippen LogP contribution in [-0.4, -0.2) is 25.2 Å². The van der Waals surface area contributed by atoms with Crippen LogP contribution >= 0.6 is 0 Å². The molecule has 3 aromatic rings. The smallest absolute Gasteiger partial charge is 0.343 e. The van der Waals surface area contributed by atoms with Gasteiger partial charge in [0, 0.05) is 0 Å². The van der Waals surface area contributed by atoms with Crippen molar-refractivity contribution in [2.75, 3.05) is 13.2 Å². The number of hydrogen-bond acceptors (Lipinski definition) is 5. The van der Waals surface area contributed by atoms with Gasteiger partial charge in [0.25, 0.3) is 0 Å². The van der Waals surface area contributed by atoms with E-state index < -0.39 is 5.97 Å². The van der Waals surface area contributed by atoms with E-state index in [1.165, 1.54) is 0 Å². The van der Waals surface area contributed by atoms with Crippen LogP contribution in [-0.2, 0) is 4.74 Å².